The Bertz CT molecular complexity index is 957. The van der Waals surface area contributed by atoms with E-state index in [-0.39, 0.29) is 13.1 Å². The number of hydrogen-bond donors (Lipinski definition) is 0. The van der Waals surface area contributed by atoms with E-state index < -0.39 is 19.1 Å². The van der Waals surface area contributed by atoms with Crippen molar-refractivity contribution in [3.05, 3.63) is 53.6 Å². The second kappa shape index (κ2) is 10.3. The summed E-state index contributed by atoms with van der Waals surface area (Å²) in [5.74, 6) is 0.329. The first-order chi connectivity index (χ1) is 15.9. The molecule has 33 heavy (non-hydrogen) atoms. The number of likely N-dealkylation sites (N-methyl/N-ethyl adjacent to an activating group) is 1. The quantitative estimate of drug-likeness (QED) is 0.648. The summed E-state index contributed by atoms with van der Waals surface area (Å²) in [6, 6.07) is 13.7. The standard InChI is InChI=1S/C25H31BN2O5/c1-18-6-4-7-19(2)25(18)28-13-5-8-20(14-28)17-31-22-11-9-21(10-12-22)26-32-23(29)15-27(3)16-24(30)33-26/h4,6-7,9-12,20H,5,8,13-17H2,1-3H3/t20-/m0/s1. The molecule has 2 aromatic rings. The summed E-state index contributed by atoms with van der Waals surface area (Å²) in [4.78, 5) is 28.0. The molecule has 174 valence electrons. The molecular weight excluding hydrogens is 419 g/mol. The highest BCUT2D eigenvalue weighted by atomic mass is 16.6. The van der Waals surface area contributed by atoms with Gasteiger partial charge in [0.05, 0.1) is 19.7 Å². The molecule has 8 heteroatoms. The number of piperidine rings is 1. The summed E-state index contributed by atoms with van der Waals surface area (Å²) in [6.45, 7) is 7.14. The van der Waals surface area contributed by atoms with Gasteiger partial charge in [0.25, 0.3) is 0 Å². The Labute approximate surface area is 195 Å². The number of benzene rings is 2. The van der Waals surface area contributed by atoms with Crippen molar-refractivity contribution in [1.82, 2.24) is 4.90 Å². The molecule has 0 radical (unpaired) electrons. The topological polar surface area (TPSA) is 68.3 Å². The Morgan fingerprint density at radius 2 is 1.64 bits per heavy atom. The highest BCUT2D eigenvalue weighted by Crippen LogP contribution is 2.29. The average Bonchev–Trinajstić information content (AvgIpc) is 2.77. The van der Waals surface area contributed by atoms with Crippen molar-refractivity contribution < 1.29 is 23.6 Å². The third-order valence-electron chi connectivity index (χ3n) is 6.19. The molecule has 0 aromatic heterocycles. The fourth-order valence-electron chi connectivity index (χ4n) is 4.61. The summed E-state index contributed by atoms with van der Waals surface area (Å²) in [7, 11) is 0.639. The number of para-hydroxylation sites is 1. The van der Waals surface area contributed by atoms with Crippen molar-refractivity contribution in [2.24, 2.45) is 5.92 Å². The smallest absolute Gasteiger partial charge is 0.494 e. The van der Waals surface area contributed by atoms with Crippen molar-refractivity contribution in [2.45, 2.75) is 26.7 Å². The molecule has 0 unspecified atom stereocenters. The number of rotatable bonds is 5. The lowest BCUT2D eigenvalue weighted by atomic mass is 9.78. The van der Waals surface area contributed by atoms with Crippen molar-refractivity contribution >= 4 is 30.2 Å². The first-order valence-corrected chi connectivity index (χ1v) is 11.5. The van der Waals surface area contributed by atoms with Crippen LogP contribution in [0.2, 0.25) is 0 Å². The first-order valence-electron chi connectivity index (χ1n) is 11.5. The minimum absolute atomic E-state index is 0.0488. The van der Waals surface area contributed by atoms with E-state index in [9.17, 15) is 9.59 Å². The van der Waals surface area contributed by atoms with E-state index in [1.165, 1.54) is 16.8 Å². The van der Waals surface area contributed by atoms with Crippen LogP contribution in [-0.4, -0.2) is 63.8 Å². The Hall–Kier alpha value is -3.00. The number of ether oxygens (including phenoxy) is 1. The van der Waals surface area contributed by atoms with Gasteiger partial charge in [0.1, 0.15) is 5.75 Å². The van der Waals surface area contributed by atoms with Crippen molar-refractivity contribution in [1.29, 1.82) is 0 Å². The van der Waals surface area contributed by atoms with Gasteiger partial charge < -0.3 is 18.9 Å². The number of aryl methyl sites for hydroxylation is 2. The van der Waals surface area contributed by atoms with E-state index in [1.54, 1.807) is 24.1 Å². The fourth-order valence-corrected chi connectivity index (χ4v) is 4.61. The number of carbonyl (C=O) groups excluding carboxylic acids is 2. The molecule has 0 bridgehead atoms. The molecule has 4 rings (SSSR count). The molecule has 2 heterocycles. The van der Waals surface area contributed by atoms with Gasteiger partial charge in [-0.15, -0.1) is 0 Å². The van der Waals surface area contributed by atoms with Crippen molar-refractivity contribution in [3.63, 3.8) is 0 Å². The van der Waals surface area contributed by atoms with Gasteiger partial charge in [0, 0.05) is 30.2 Å². The van der Waals surface area contributed by atoms with Crippen LogP contribution in [0.5, 0.6) is 5.75 Å². The second-order valence-electron chi connectivity index (χ2n) is 9.06. The highest BCUT2D eigenvalue weighted by Gasteiger charge is 2.33. The van der Waals surface area contributed by atoms with Gasteiger partial charge in [0.2, 0.25) is 0 Å². The molecule has 1 atom stereocenters. The van der Waals surface area contributed by atoms with Gasteiger partial charge in [-0.2, -0.15) is 0 Å². The summed E-state index contributed by atoms with van der Waals surface area (Å²) in [5.41, 5.74) is 4.58. The Morgan fingerprint density at radius 3 is 2.27 bits per heavy atom. The zero-order valence-electron chi connectivity index (χ0n) is 19.6. The van der Waals surface area contributed by atoms with Gasteiger partial charge in [-0.3, -0.25) is 14.5 Å². The summed E-state index contributed by atoms with van der Waals surface area (Å²) >= 11 is 0. The Kier molecular flexibility index (Phi) is 7.23. The monoisotopic (exact) mass is 450 g/mol. The summed E-state index contributed by atoms with van der Waals surface area (Å²) in [5, 5.41) is 0. The minimum atomic E-state index is -1.03. The summed E-state index contributed by atoms with van der Waals surface area (Å²) in [6.07, 6.45) is 2.29. The molecule has 2 fully saturated rings. The van der Waals surface area contributed by atoms with Crippen molar-refractivity contribution in [3.8, 4) is 5.75 Å². The number of hydrogen-bond acceptors (Lipinski definition) is 7. The van der Waals surface area contributed by atoms with E-state index in [4.69, 9.17) is 14.0 Å². The maximum absolute atomic E-state index is 12.0. The second-order valence-corrected chi connectivity index (χ2v) is 9.06. The Balaban J connectivity index is 1.34. The lowest BCUT2D eigenvalue weighted by Crippen LogP contribution is -2.47. The normalized spacial score (nSPS) is 20.0. The third kappa shape index (κ3) is 5.87. The molecular formula is C25H31BN2O5. The fraction of sp³-hybridized carbons (Fsp3) is 0.440. The third-order valence-corrected chi connectivity index (χ3v) is 6.19. The maximum atomic E-state index is 12.0. The van der Waals surface area contributed by atoms with Crippen LogP contribution < -0.4 is 15.1 Å². The SMILES string of the molecule is Cc1cccc(C)c1N1CCC[C@H](COc2ccc(B3OC(=O)CN(C)CC(=O)O3)cc2)C1. The first kappa shape index (κ1) is 23.2. The van der Waals surface area contributed by atoms with Crippen LogP contribution in [0.4, 0.5) is 5.69 Å². The van der Waals surface area contributed by atoms with Gasteiger partial charge in [-0.05, 0) is 57.0 Å². The average molecular weight is 450 g/mol. The van der Waals surface area contributed by atoms with E-state index in [1.807, 2.05) is 12.1 Å². The van der Waals surface area contributed by atoms with Crippen LogP contribution in [0.15, 0.2) is 42.5 Å². The van der Waals surface area contributed by atoms with Gasteiger partial charge in [-0.1, -0.05) is 30.3 Å². The summed E-state index contributed by atoms with van der Waals surface area (Å²) < 4.78 is 16.7. The predicted octanol–water partition coefficient (Wildman–Crippen LogP) is 2.33. The zero-order chi connectivity index (χ0) is 23.4. The Morgan fingerprint density at radius 1 is 1.00 bits per heavy atom. The molecule has 0 spiro atoms. The van der Waals surface area contributed by atoms with Gasteiger partial charge >= 0.3 is 19.1 Å². The number of carbonyl (C=O) groups is 2. The predicted molar refractivity (Wildman–Crippen MR) is 128 cm³/mol. The molecule has 2 saturated heterocycles. The van der Waals surface area contributed by atoms with E-state index >= 15 is 0 Å². The molecule has 0 N–H and O–H groups in total. The van der Waals surface area contributed by atoms with E-state index in [2.05, 4.69) is 36.9 Å². The van der Waals surface area contributed by atoms with E-state index in [0.717, 1.165) is 31.7 Å². The van der Waals surface area contributed by atoms with Crippen LogP contribution in [-0.2, 0) is 18.9 Å². The molecule has 0 amide bonds. The van der Waals surface area contributed by atoms with Crippen molar-refractivity contribution in [2.75, 3.05) is 44.7 Å². The van der Waals surface area contributed by atoms with Crippen LogP contribution in [0.3, 0.4) is 0 Å². The lowest BCUT2D eigenvalue weighted by molar-refractivity contribution is -0.145. The van der Waals surface area contributed by atoms with Gasteiger partial charge in [0.15, 0.2) is 0 Å². The number of anilines is 1. The zero-order valence-corrected chi connectivity index (χ0v) is 19.6. The minimum Gasteiger partial charge on any atom is -0.494 e. The molecule has 2 aliphatic heterocycles. The van der Waals surface area contributed by atoms with Crippen LogP contribution in [0, 0.1) is 19.8 Å². The molecule has 2 aliphatic rings. The molecule has 7 nitrogen and oxygen atoms in total. The lowest BCUT2D eigenvalue weighted by Gasteiger charge is -2.36. The van der Waals surface area contributed by atoms with Crippen LogP contribution in [0.25, 0.3) is 0 Å². The molecule has 2 aromatic carbocycles. The largest absolute Gasteiger partial charge is 0.636 e. The highest BCUT2D eigenvalue weighted by molar-refractivity contribution is 6.64. The van der Waals surface area contributed by atoms with Crippen LogP contribution in [0.1, 0.15) is 24.0 Å². The maximum Gasteiger partial charge on any atom is 0.636 e. The van der Waals surface area contributed by atoms with Gasteiger partial charge in [-0.25, -0.2) is 0 Å². The molecule has 0 aliphatic carbocycles. The molecule has 0 saturated carbocycles. The van der Waals surface area contributed by atoms with Crippen LogP contribution >= 0.6 is 0 Å². The number of nitrogens with zero attached hydrogens (tertiary/aromatic N) is 2. The van der Waals surface area contributed by atoms with E-state index in [0.29, 0.717) is 18.0 Å².